The number of H-pyrrole nitrogens is 1. The van der Waals surface area contributed by atoms with Crippen molar-refractivity contribution < 1.29 is 0 Å². The van der Waals surface area contributed by atoms with Crippen molar-refractivity contribution in [3.8, 4) is 11.4 Å². The Morgan fingerprint density at radius 3 is 2.30 bits per heavy atom. The third kappa shape index (κ3) is 2.70. The van der Waals surface area contributed by atoms with Crippen molar-refractivity contribution in [1.29, 1.82) is 0 Å². The van der Waals surface area contributed by atoms with Crippen LogP contribution in [0.25, 0.3) is 11.4 Å². The van der Waals surface area contributed by atoms with Crippen LogP contribution < -0.4 is 5.56 Å². The Hall–Kier alpha value is -1.42. The summed E-state index contributed by atoms with van der Waals surface area (Å²) < 4.78 is 0.526. The molecule has 0 saturated heterocycles. The molecule has 0 aliphatic heterocycles. The average molecular weight is 335 g/mol. The van der Waals surface area contributed by atoms with Gasteiger partial charge in [-0.1, -0.05) is 19.9 Å². The lowest BCUT2D eigenvalue weighted by atomic mass is 10.00. The Labute approximate surface area is 127 Å². The number of benzene rings is 1. The van der Waals surface area contributed by atoms with Crippen LogP contribution >= 0.6 is 15.9 Å². The maximum absolute atomic E-state index is 12.1. The van der Waals surface area contributed by atoms with Gasteiger partial charge in [-0.3, -0.25) is 4.79 Å². The minimum absolute atomic E-state index is 0.128. The molecule has 0 aliphatic carbocycles. The molecule has 106 valence electrons. The molecule has 2 aromatic rings. The lowest BCUT2D eigenvalue weighted by Gasteiger charge is -2.12. The first kappa shape index (κ1) is 15.0. The third-order valence-corrected chi connectivity index (χ3v) is 4.30. The van der Waals surface area contributed by atoms with E-state index in [0.29, 0.717) is 10.3 Å². The van der Waals surface area contributed by atoms with E-state index in [0.717, 1.165) is 16.8 Å². The normalized spacial score (nSPS) is 11.2. The minimum Gasteiger partial charge on any atom is -0.306 e. The van der Waals surface area contributed by atoms with Crippen LogP contribution in [0.1, 0.15) is 42.1 Å². The van der Waals surface area contributed by atoms with E-state index in [1.165, 1.54) is 11.1 Å². The van der Waals surface area contributed by atoms with Gasteiger partial charge in [0.2, 0.25) is 0 Å². The summed E-state index contributed by atoms with van der Waals surface area (Å²) in [6.45, 7) is 10.3. The molecular weight excluding hydrogens is 316 g/mol. The molecule has 1 heterocycles. The van der Waals surface area contributed by atoms with Gasteiger partial charge in [-0.2, -0.15) is 0 Å². The van der Waals surface area contributed by atoms with Crippen molar-refractivity contribution in [2.75, 3.05) is 0 Å². The topological polar surface area (TPSA) is 45.8 Å². The molecule has 20 heavy (non-hydrogen) atoms. The molecule has 0 radical (unpaired) electrons. The SMILES string of the molecule is Cc1cc(C)c(-c2nc(C(C)C)c(Br)c(=O)[nH]2)cc1C. The fourth-order valence-corrected chi connectivity index (χ4v) is 2.85. The quantitative estimate of drug-likeness (QED) is 0.892. The number of nitrogens with zero attached hydrogens (tertiary/aromatic N) is 1. The van der Waals surface area contributed by atoms with Crippen LogP contribution in [-0.2, 0) is 0 Å². The second-order valence-corrected chi connectivity index (χ2v) is 6.31. The first-order chi connectivity index (χ1) is 9.31. The summed E-state index contributed by atoms with van der Waals surface area (Å²) in [7, 11) is 0. The van der Waals surface area contributed by atoms with Gasteiger partial charge in [0.25, 0.3) is 5.56 Å². The molecule has 0 fully saturated rings. The molecule has 4 heteroatoms. The summed E-state index contributed by atoms with van der Waals surface area (Å²) >= 11 is 3.33. The molecule has 1 aromatic heterocycles. The second kappa shape index (κ2) is 5.52. The highest BCUT2D eigenvalue weighted by atomic mass is 79.9. The highest BCUT2D eigenvalue weighted by Gasteiger charge is 2.14. The summed E-state index contributed by atoms with van der Waals surface area (Å²) in [6, 6.07) is 4.21. The van der Waals surface area contributed by atoms with Crippen LogP contribution in [0.2, 0.25) is 0 Å². The van der Waals surface area contributed by atoms with Gasteiger partial charge in [0.15, 0.2) is 0 Å². The summed E-state index contributed by atoms with van der Waals surface area (Å²) in [6.07, 6.45) is 0. The number of hydrogen-bond acceptors (Lipinski definition) is 2. The molecule has 2 rings (SSSR count). The maximum Gasteiger partial charge on any atom is 0.265 e. The average Bonchev–Trinajstić information content (AvgIpc) is 2.36. The van der Waals surface area contributed by atoms with Crippen molar-refractivity contribution in [1.82, 2.24) is 9.97 Å². The Balaban J connectivity index is 2.71. The summed E-state index contributed by atoms with van der Waals surface area (Å²) in [5.74, 6) is 0.833. The van der Waals surface area contributed by atoms with Crippen molar-refractivity contribution in [3.63, 3.8) is 0 Å². The Kier molecular flexibility index (Phi) is 4.14. The van der Waals surface area contributed by atoms with Crippen LogP contribution in [0.4, 0.5) is 0 Å². The summed E-state index contributed by atoms with van der Waals surface area (Å²) in [5, 5.41) is 0. The Morgan fingerprint density at radius 1 is 1.10 bits per heavy atom. The van der Waals surface area contributed by atoms with Crippen LogP contribution in [0, 0.1) is 20.8 Å². The van der Waals surface area contributed by atoms with Crippen LogP contribution in [-0.4, -0.2) is 9.97 Å². The summed E-state index contributed by atoms with van der Waals surface area (Å²) in [4.78, 5) is 19.6. The number of aryl methyl sites for hydroxylation is 3. The summed E-state index contributed by atoms with van der Waals surface area (Å²) in [5.41, 5.74) is 5.21. The molecule has 1 aromatic carbocycles. The molecule has 0 aliphatic rings. The number of aromatic amines is 1. The number of halogens is 1. The smallest absolute Gasteiger partial charge is 0.265 e. The molecule has 0 saturated carbocycles. The van der Waals surface area contributed by atoms with Gasteiger partial charge in [0, 0.05) is 5.56 Å². The standard InChI is InChI=1S/C16H19BrN2O/c1-8(2)14-13(17)16(20)19-15(18-14)12-7-10(4)9(3)6-11(12)5/h6-8H,1-5H3,(H,18,19,20). The first-order valence-corrected chi connectivity index (χ1v) is 7.48. The number of aromatic nitrogens is 2. The van der Waals surface area contributed by atoms with Gasteiger partial charge < -0.3 is 4.98 Å². The minimum atomic E-state index is -0.128. The fraction of sp³-hybridized carbons (Fsp3) is 0.375. The van der Waals surface area contributed by atoms with Crippen LogP contribution in [0.15, 0.2) is 21.4 Å². The highest BCUT2D eigenvalue weighted by Crippen LogP contribution is 2.26. The fourth-order valence-electron chi connectivity index (χ4n) is 2.20. The van der Waals surface area contributed by atoms with Gasteiger partial charge in [0.1, 0.15) is 10.3 Å². The molecule has 0 bridgehead atoms. The van der Waals surface area contributed by atoms with E-state index in [9.17, 15) is 4.79 Å². The second-order valence-electron chi connectivity index (χ2n) is 5.52. The molecule has 0 unspecified atom stereocenters. The zero-order valence-electron chi connectivity index (χ0n) is 12.5. The van der Waals surface area contributed by atoms with E-state index in [2.05, 4.69) is 51.9 Å². The van der Waals surface area contributed by atoms with E-state index >= 15 is 0 Å². The van der Waals surface area contributed by atoms with Crippen molar-refractivity contribution >= 4 is 15.9 Å². The van der Waals surface area contributed by atoms with E-state index in [4.69, 9.17) is 0 Å². The molecule has 3 nitrogen and oxygen atoms in total. The Bertz CT molecular complexity index is 717. The first-order valence-electron chi connectivity index (χ1n) is 6.69. The predicted octanol–water partition coefficient (Wildman–Crippen LogP) is 4.25. The van der Waals surface area contributed by atoms with E-state index in [1.54, 1.807) is 0 Å². The largest absolute Gasteiger partial charge is 0.306 e. The molecular formula is C16H19BrN2O. The van der Waals surface area contributed by atoms with Crippen LogP contribution in [0.3, 0.4) is 0 Å². The van der Waals surface area contributed by atoms with Crippen molar-refractivity contribution in [3.05, 3.63) is 49.3 Å². The molecule has 0 spiro atoms. The van der Waals surface area contributed by atoms with Crippen molar-refractivity contribution in [2.45, 2.75) is 40.5 Å². The maximum atomic E-state index is 12.1. The van der Waals surface area contributed by atoms with E-state index in [-0.39, 0.29) is 11.5 Å². The lowest BCUT2D eigenvalue weighted by Crippen LogP contribution is -2.14. The van der Waals surface area contributed by atoms with Gasteiger partial charge in [-0.05, 0) is 65.4 Å². The van der Waals surface area contributed by atoms with Gasteiger partial charge in [-0.15, -0.1) is 0 Å². The molecule has 0 amide bonds. The molecule has 1 N–H and O–H groups in total. The van der Waals surface area contributed by atoms with Gasteiger partial charge in [0.05, 0.1) is 5.69 Å². The highest BCUT2D eigenvalue weighted by molar-refractivity contribution is 9.10. The van der Waals surface area contributed by atoms with E-state index in [1.807, 2.05) is 20.8 Å². The predicted molar refractivity (Wildman–Crippen MR) is 86.3 cm³/mol. The Morgan fingerprint density at radius 2 is 1.70 bits per heavy atom. The molecule has 0 atom stereocenters. The monoisotopic (exact) mass is 334 g/mol. The van der Waals surface area contributed by atoms with Gasteiger partial charge in [-0.25, -0.2) is 4.98 Å². The zero-order valence-corrected chi connectivity index (χ0v) is 14.1. The van der Waals surface area contributed by atoms with Crippen LogP contribution in [0.5, 0.6) is 0 Å². The zero-order chi connectivity index (χ0) is 15.0. The number of hydrogen-bond donors (Lipinski definition) is 1. The van der Waals surface area contributed by atoms with Gasteiger partial charge >= 0.3 is 0 Å². The lowest BCUT2D eigenvalue weighted by molar-refractivity contribution is 0.803. The van der Waals surface area contributed by atoms with E-state index < -0.39 is 0 Å². The van der Waals surface area contributed by atoms with Crippen molar-refractivity contribution in [2.24, 2.45) is 0 Å². The number of nitrogens with one attached hydrogen (secondary N) is 1. The third-order valence-electron chi connectivity index (χ3n) is 3.53. The number of rotatable bonds is 2.